The normalized spacial score (nSPS) is 10.0. The fraction of sp³-hybridized carbons (Fsp3) is 0.889. The third kappa shape index (κ3) is 8.09. The van der Waals surface area contributed by atoms with Crippen LogP contribution in [0.3, 0.4) is 0 Å². The van der Waals surface area contributed by atoms with Crippen LogP contribution in [0.15, 0.2) is 0 Å². The third-order valence-electron chi connectivity index (χ3n) is 1.50. The predicted octanol–water partition coefficient (Wildman–Crippen LogP) is 2.63. The van der Waals surface area contributed by atoms with E-state index in [1.807, 2.05) is 0 Å². The summed E-state index contributed by atoms with van der Waals surface area (Å²) in [5, 5.41) is 1.16. The second-order valence-electron chi connectivity index (χ2n) is 2.68. The molecule has 66 valence electrons. The summed E-state index contributed by atoms with van der Waals surface area (Å²) in [5.41, 5.74) is 0. The van der Waals surface area contributed by atoms with E-state index in [-0.39, 0.29) is 0 Å². The molecule has 0 aromatic heterocycles. The maximum atomic E-state index is 11.1. The van der Waals surface area contributed by atoms with Gasteiger partial charge in [0.05, 0.1) is 0 Å². The zero-order chi connectivity index (χ0) is 8.53. The Labute approximate surface area is 76.1 Å². The van der Waals surface area contributed by atoms with Crippen molar-refractivity contribution in [1.29, 1.82) is 0 Å². The van der Waals surface area contributed by atoms with Crippen LogP contribution in [-0.2, 0) is 4.79 Å². The van der Waals surface area contributed by atoms with E-state index in [0.29, 0.717) is 19.6 Å². The van der Waals surface area contributed by atoms with Gasteiger partial charge in [-0.05, 0) is 0 Å². The molecular weight excluding hydrogens is 203 g/mol. The van der Waals surface area contributed by atoms with E-state index in [0.717, 1.165) is 24.6 Å². The Balaban J connectivity index is 3.09. The molecular formula is C9H18OSe. The average molecular weight is 221 g/mol. The van der Waals surface area contributed by atoms with Crippen molar-refractivity contribution in [1.82, 2.24) is 0 Å². The van der Waals surface area contributed by atoms with Crippen LogP contribution in [0.5, 0.6) is 0 Å². The van der Waals surface area contributed by atoms with E-state index in [1.54, 1.807) is 0 Å². The van der Waals surface area contributed by atoms with Gasteiger partial charge in [0.25, 0.3) is 0 Å². The van der Waals surface area contributed by atoms with E-state index in [9.17, 15) is 4.79 Å². The minimum atomic E-state index is 0.297. The minimum absolute atomic E-state index is 0.297. The van der Waals surface area contributed by atoms with Crippen molar-refractivity contribution in [2.24, 2.45) is 0 Å². The van der Waals surface area contributed by atoms with Gasteiger partial charge in [0.15, 0.2) is 0 Å². The van der Waals surface area contributed by atoms with Crippen LogP contribution in [0.2, 0.25) is 5.32 Å². The molecule has 0 aromatic carbocycles. The van der Waals surface area contributed by atoms with E-state index in [1.165, 1.54) is 12.8 Å². The molecule has 0 unspecified atom stereocenters. The van der Waals surface area contributed by atoms with E-state index in [2.05, 4.69) is 13.8 Å². The van der Waals surface area contributed by atoms with Crippen LogP contribution in [0.4, 0.5) is 0 Å². The summed E-state index contributed by atoms with van der Waals surface area (Å²) in [7, 11) is 0. The van der Waals surface area contributed by atoms with Gasteiger partial charge in [-0.25, -0.2) is 0 Å². The first-order valence-corrected chi connectivity index (χ1v) is 6.53. The van der Waals surface area contributed by atoms with Crippen molar-refractivity contribution >= 4 is 19.6 Å². The van der Waals surface area contributed by atoms with Crippen LogP contribution in [0.1, 0.15) is 46.0 Å². The number of hydrogen-bond acceptors (Lipinski definition) is 1. The summed E-state index contributed by atoms with van der Waals surface area (Å²) in [6, 6.07) is 0. The second kappa shape index (κ2) is 8.29. The summed E-state index contributed by atoms with van der Waals surface area (Å²) in [6.07, 6.45) is 5.53. The molecule has 0 aliphatic rings. The first kappa shape index (κ1) is 11.2. The molecule has 0 atom stereocenters. The van der Waals surface area contributed by atoms with E-state index < -0.39 is 0 Å². The molecule has 0 saturated heterocycles. The monoisotopic (exact) mass is 222 g/mol. The van der Waals surface area contributed by atoms with Gasteiger partial charge in [-0.1, -0.05) is 0 Å². The molecule has 0 radical (unpaired) electrons. The number of rotatable bonds is 7. The molecule has 0 bridgehead atoms. The molecule has 1 nitrogen and oxygen atoms in total. The van der Waals surface area contributed by atoms with Gasteiger partial charge in [-0.2, -0.15) is 0 Å². The molecule has 0 N–H and O–H groups in total. The van der Waals surface area contributed by atoms with Gasteiger partial charge in [-0.15, -0.1) is 0 Å². The van der Waals surface area contributed by atoms with E-state index in [4.69, 9.17) is 0 Å². The fourth-order valence-corrected chi connectivity index (χ4v) is 2.72. The molecule has 0 aromatic rings. The van der Waals surface area contributed by atoms with Gasteiger partial charge in [0.2, 0.25) is 0 Å². The molecule has 0 heterocycles. The van der Waals surface area contributed by atoms with E-state index >= 15 is 0 Å². The summed E-state index contributed by atoms with van der Waals surface area (Å²) >= 11 is 0.297. The molecule has 11 heavy (non-hydrogen) atoms. The molecule has 0 aliphatic heterocycles. The Morgan fingerprint density at radius 2 is 1.82 bits per heavy atom. The Morgan fingerprint density at radius 1 is 1.18 bits per heavy atom. The van der Waals surface area contributed by atoms with Crippen LogP contribution in [0, 0.1) is 0 Å². The van der Waals surface area contributed by atoms with Gasteiger partial charge in [0, 0.05) is 0 Å². The van der Waals surface area contributed by atoms with Crippen molar-refractivity contribution in [2.75, 3.05) is 0 Å². The first-order chi connectivity index (χ1) is 5.31. The zero-order valence-electron chi connectivity index (χ0n) is 7.56. The number of unbranched alkanes of at least 4 members (excludes halogenated alkanes) is 2. The van der Waals surface area contributed by atoms with Crippen LogP contribution in [-0.4, -0.2) is 19.6 Å². The van der Waals surface area contributed by atoms with Crippen molar-refractivity contribution < 1.29 is 4.79 Å². The van der Waals surface area contributed by atoms with Crippen LogP contribution in [0.25, 0.3) is 0 Å². The molecule has 0 spiro atoms. The molecule has 2 heteroatoms. The van der Waals surface area contributed by atoms with Crippen LogP contribution < -0.4 is 0 Å². The van der Waals surface area contributed by atoms with Crippen molar-refractivity contribution in [3.8, 4) is 0 Å². The average Bonchev–Trinajstić information content (AvgIpc) is 2.01. The Bertz CT molecular complexity index is 102. The summed E-state index contributed by atoms with van der Waals surface area (Å²) in [4.78, 5) is 11.1. The molecule has 0 saturated carbocycles. The standard InChI is InChI=1S/C9H18OSe/c1-3-5-7-9(10)11-8-6-4-2/h3-8H2,1-2H3. The van der Waals surface area contributed by atoms with Crippen LogP contribution >= 0.6 is 0 Å². The van der Waals surface area contributed by atoms with Crippen molar-refractivity contribution in [2.45, 2.75) is 51.3 Å². The van der Waals surface area contributed by atoms with Crippen molar-refractivity contribution in [3.05, 3.63) is 0 Å². The number of carbonyl (C=O) groups excluding carboxylic acids is 1. The molecule has 0 aliphatic carbocycles. The van der Waals surface area contributed by atoms with Gasteiger partial charge in [0.1, 0.15) is 0 Å². The van der Waals surface area contributed by atoms with Gasteiger partial charge in [-0.3, -0.25) is 0 Å². The quantitative estimate of drug-likeness (QED) is 0.477. The third-order valence-corrected chi connectivity index (χ3v) is 3.63. The Hall–Kier alpha value is 0.189. The topological polar surface area (TPSA) is 17.1 Å². The summed E-state index contributed by atoms with van der Waals surface area (Å²) in [6.45, 7) is 4.30. The van der Waals surface area contributed by atoms with Gasteiger partial charge < -0.3 is 0 Å². The molecule has 0 fully saturated rings. The fourth-order valence-electron chi connectivity index (χ4n) is 0.724. The number of hydrogen-bond donors (Lipinski definition) is 0. The van der Waals surface area contributed by atoms with Gasteiger partial charge >= 0.3 is 75.7 Å². The number of carbonyl (C=O) groups is 1. The zero-order valence-corrected chi connectivity index (χ0v) is 9.27. The maximum absolute atomic E-state index is 11.1. The van der Waals surface area contributed by atoms with Crippen molar-refractivity contribution in [3.63, 3.8) is 0 Å². The summed E-state index contributed by atoms with van der Waals surface area (Å²) in [5.74, 6) is 0. The predicted molar refractivity (Wildman–Crippen MR) is 50.0 cm³/mol. The molecule has 0 rings (SSSR count). The Kier molecular flexibility index (Phi) is 8.43. The summed E-state index contributed by atoms with van der Waals surface area (Å²) < 4.78 is 0.521. The SMILES string of the molecule is CCCC[Se]C(=O)CCCC. The first-order valence-electron chi connectivity index (χ1n) is 4.46. The Morgan fingerprint density at radius 3 is 2.36 bits per heavy atom. The molecule has 0 amide bonds. The second-order valence-corrected chi connectivity index (χ2v) is 5.10.